The number of hydrogen-bond donors (Lipinski definition) is 2. The van der Waals surface area contributed by atoms with Crippen LogP contribution in [0, 0.1) is 0 Å². The second kappa shape index (κ2) is 8.85. The van der Waals surface area contributed by atoms with Crippen LogP contribution in [0.3, 0.4) is 0 Å². The van der Waals surface area contributed by atoms with Crippen LogP contribution in [0.15, 0.2) is 24.3 Å². The van der Waals surface area contributed by atoms with Gasteiger partial charge in [-0.2, -0.15) is 0 Å². The minimum absolute atomic E-state index is 0.0559. The Morgan fingerprint density at radius 2 is 1.96 bits per heavy atom. The van der Waals surface area contributed by atoms with Crippen LogP contribution < -0.4 is 15.4 Å². The first-order valence-electron chi connectivity index (χ1n) is 9.35. The van der Waals surface area contributed by atoms with Gasteiger partial charge in [0.25, 0.3) is 0 Å². The minimum atomic E-state index is -0.550. The van der Waals surface area contributed by atoms with Crippen LogP contribution in [0.25, 0.3) is 0 Å². The molecule has 0 bridgehead atoms. The van der Waals surface area contributed by atoms with Crippen molar-refractivity contribution in [2.24, 2.45) is 0 Å². The summed E-state index contributed by atoms with van der Waals surface area (Å²) >= 11 is 0. The van der Waals surface area contributed by atoms with Gasteiger partial charge < -0.3 is 20.3 Å². The number of ether oxygens (including phenoxy) is 1. The summed E-state index contributed by atoms with van der Waals surface area (Å²) in [5.74, 6) is 0.314. The summed E-state index contributed by atoms with van der Waals surface area (Å²) in [6, 6.07) is 7.19. The first kappa shape index (κ1) is 19.2. The van der Waals surface area contributed by atoms with E-state index in [-0.39, 0.29) is 30.7 Å². The number of para-hydroxylation sites is 1. The Bertz CT molecular complexity index is 709. The number of nitrogens with one attached hydrogen (secondary N) is 2. The van der Waals surface area contributed by atoms with Gasteiger partial charge in [0, 0.05) is 38.3 Å². The lowest BCUT2D eigenvalue weighted by atomic mass is 10.1. The first-order chi connectivity index (χ1) is 13.1. The molecule has 2 fully saturated rings. The number of hydrogen-bond acceptors (Lipinski definition) is 5. The third-order valence-corrected chi connectivity index (χ3v) is 4.85. The van der Waals surface area contributed by atoms with E-state index in [2.05, 4.69) is 10.6 Å². The standard InChI is InChI=1S/C19H26N4O4/c1-2-27-16-6-4-3-5-14(16)12-22-9-8-21-19(26)15(22)11-18(25)23-10-7-20-17(24)13-23/h3-6,15H,2,7-13H2,1H3,(H,20,24)(H,21,26)/t15-/m0/s1. The average Bonchev–Trinajstić information content (AvgIpc) is 2.66. The molecule has 0 saturated carbocycles. The van der Waals surface area contributed by atoms with Crippen molar-refractivity contribution in [2.45, 2.75) is 25.9 Å². The Morgan fingerprint density at radius 1 is 1.19 bits per heavy atom. The molecule has 0 aliphatic carbocycles. The van der Waals surface area contributed by atoms with Crippen LogP contribution in [0.2, 0.25) is 0 Å². The minimum Gasteiger partial charge on any atom is -0.494 e. The number of piperazine rings is 2. The summed E-state index contributed by atoms with van der Waals surface area (Å²) in [5, 5.41) is 5.55. The normalized spacial score (nSPS) is 20.8. The molecule has 2 saturated heterocycles. The van der Waals surface area contributed by atoms with E-state index in [0.717, 1.165) is 11.3 Å². The van der Waals surface area contributed by atoms with E-state index >= 15 is 0 Å². The molecule has 2 aliphatic rings. The molecular weight excluding hydrogens is 348 g/mol. The lowest BCUT2D eigenvalue weighted by Crippen LogP contribution is -2.57. The lowest BCUT2D eigenvalue weighted by molar-refractivity contribution is -0.142. The summed E-state index contributed by atoms with van der Waals surface area (Å²) in [5.41, 5.74) is 0.990. The molecule has 8 heteroatoms. The molecule has 0 aromatic heterocycles. The fourth-order valence-electron chi connectivity index (χ4n) is 3.47. The van der Waals surface area contributed by atoms with Crippen molar-refractivity contribution >= 4 is 17.7 Å². The summed E-state index contributed by atoms with van der Waals surface area (Å²) in [4.78, 5) is 40.2. The van der Waals surface area contributed by atoms with Crippen LogP contribution in [-0.4, -0.2) is 72.9 Å². The van der Waals surface area contributed by atoms with E-state index in [0.29, 0.717) is 39.3 Å². The fourth-order valence-corrected chi connectivity index (χ4v) is 3.47. The smallest absolute Gasteiger partial charge is 0.239 e. The predicted molar refractivity (Wildman–Crippen MR) is 99.0 cm³/mol. The highest BCUT2D eigenvalue weighted by molar-refractivity contribution is 5.91. The molecule has 146 valence electrons. The molecule has 3 amide bonds. The quantitative estimate of drug-likeness (QED) is 0.716. The van der Waals surface area contributed by atoms with Crippen molar-refractivity contribution in [1.29, 1.82) is 0 Å². The summed E-state index contributed by atoms with van der Waals surface area (Å²) in [6.45, 7) is 5.22. The highest BCUT2D eigenvalue weighted by Crippen LogP contribution is 2.22. The second-order valence-corrected chi connectivity index (χ2v) is 6.69. The van der Waals surface area contributed by atoms with Crippen molar-refractivity contribution in [3.8, 4) is 5.75 Å². The Kier molecular flexibility index (Phi) is 6.28. The highest BCUT2D eigenvalue weighted by atomic mass is 16.5. The third kappa shape index (κ3) is 4.77. The van der Waals surface area contributed by atoms with E-state index in [1.165, 1.54) is 4.90 Å². The highest BCUT2D eigenvalue weighted by Gasteiger charge is 2.34. The number of rotatable bonds is 6. The predicted octanol–water partition coefficient (Wildman–Crippen LogP) is -0.266. The van der Waals surface area contributed by atoms with Crippen molar-refractivity contribution in [2.75, 3.05) is 39.3 Å². The van der Waals surface area contributed by atoms with Gasteiger partial charge in [-0.25, -0.2) is 0 Å². The molecule has 3 rings (SSSR count). The molecule has 2 heterocycles. The molecular formula is C19H26N4O4. The maximum Gasteiger partial charge on any atom is 0.239 e. The van der Waals surface area contributed by atoms with Crippen LogP contribution in [0.1, 0.15) is 18.9 Å². The number of amides is 3. The third-order valence-electron chi connectivity index (χ3n) is 4.85. The zero-order chi connectivity index (χ0) is 19.2. The van der Waals surface area contributed by atoms with E-state index < -0.39 is 6.04 Å². The Balaban J connectivity index is 1.71. The summed E-state index contributed by atoms with van der Waals surface area (Å²) < 4.78 is 5.68. The average molecular weight is 374 g/mol. The summed E-state index contributed by atoms with van der Waals surface area (Å²) in [6.07, 6.45) is 0.0654. The zero-order valence-corrected chi connectivity index (χ0v) is 15.6. The number of carbonyl (C=O) groups excluding carboxylic acids is 3. The molecule has 1 aromatic carbocycles. The molecule has 8 nitrogen and oxygen atoms in total. The van der Waals surface area contributed by atoms with E-state index in [1.807, 2.05) is 36.1 Å². The maximum atomic E-state index is 12.6. The van der Waals surface area contributed by atoms with Crippen LogP contribution >= 0.6 is 0 Å². The molecule has 2 aliphatic heterocycles. The van der Waals surface area contributed by atoms with E-state index in [4.69, 9.17) is 4.74 Å². The maximum absolute atomic E-state index is 12.6. The van der Waals surface area contributed by atoms with Gasteiger partial charge in [-0.05, 0) is 13.0 Å². The van der Waals surface area contributed by atoms with Crippen molar-refractivity contribution in [3.05, 3.63) is 29.8 Å². The molecule has 1 atom stereocenters. The Morgan fingerprint density at radius 3 is 2.74 bits per heavy atom. The molecule has 2 N–H and O–H groups in total. The van der Waals surface area contributed by atoms with Crippen molar-refractivity contribution in [1.82, 2.24) is 20.4 Å². The fraction of sp³-hybridized carbons (Fsp3) is 0.526. The van der Waals surface area contributed by atoms with E-state index in [9.17, 15) is 14.4 Å². The van der Waals surface area contributed by atoms with Gasteiger partial charge in [0.15, 0.2) is 0 Å². The monoisotopic (exact) mass is 374 g/mol. The zero-order valence-electron chi connectivity index (χ0n) is 15.6. The van der Waals surface area contributed by atoms with Crippen LogP contribution in [0.5, 0.6) is 5.75 Å². The Hall–Kier alpha value is -2.61. The van der Waals surface area contributed by atoms with Gasteiger partial charge in [-0.15, -0.1) is 0 Å². The van der Waals surface area contributed by atoms with Crippen molar-refractivity contribution < 1.29 is 19.1 Å². The summed E-state index contributed by atoms with van der Waals surface area (Å²) in [7, 11) is 0. The topological polar surface area (TPSA) is 91.0 Å². The largest absolute Gasteiger partial charge is 0.494 e. The molecule has 0 spiro atoms. The van der Waals surface area contributed by atoms with Gasteiger partial charge in [-0.1, -0.05) is 18.2 Å². The molecule has 0 unspecified atom stereocenters. The van der Waals surface area contributed by atoms with Gasteiger partial charge in [0.1, 0.15) is 5.75 Å². The number of benzene rings is 1. The van der Waals surface area contributed by atoms with Gasteiger partial charge >= 0.3 is 0 Å². The molecule has 1 aromatic rings. The van der Waals surface area contributed by atoms with Gasteiger partial charge in [-0.3, -0.25) is 19.3 Å². The molecule has 0 radical (unpaired) electrons. The SMILES string of the molecule is CCOc1ccccc1CN1CCNC(=O)[C@@H]1CC(=O)N1CCNC(=O)C1. The number of carbonyl (C=O) groups is 3. The lowest BCUT2D eigenvalue weighted by Gasteiger charge is -2.36. The molecule has 27 heavy (non-hydrogen) atoms. The van der Waals surface area contributed by atoms with E-state index in [1.54, 1.807) is 0 Å². The number of nitrogens with zero attached hydrogens (tertiary/aromatic N) is 2. The first-order valence-corrected chi connectivity index (χ1v) is 9.35. The van der Waals surface area contributed by atoms with Gasteiger partial charge in [0.05, 0.1) is 25.6 Å². The van der Waals surface area contributed by atoms with Gasteiger partial charge in [0.2, 0.25) is 17.7 Å². The van der Waals surface area contributed by atoms with Crippen LogP contribution in [0.4, 0.5) is 0 Å². The van der Waals surface area contributed by atoms with Crippen molar-refractivity contribution in [3.63, 3.8) is 0 Å². The second-order valence-electron chi connectivity index (χ2n) is 6.69. The van der Waals surface area contributed by atoms with Crippen LogP contribution in [-0.2, 0) is 20.9 Å². The Labute approximate surface area is 158 Å².